The molecule has 132 valence electrons. The lowest BCUT2D eigenvalue weighted by Gasteiger charge is -2.18. The molecule has 0 bridgehead atoms. The van der Waals surface area contributed by atoms with E-state index in [0.717, 1.165) is 11.8 Å². The third-order valence-electron chi connectivity index (χ3n) is 3.27. The third-order valence-corrected chi connectivity index (χ3v) is 6.15. The number of benzene rings is 2. The molecule has 0 radical (unpaired) electrons. The Labute approximate surface area is 154 Å². The molecule has 25 heavy (non-hydrogen) atoms. The molecule has 0 saturated heterocycles. The number of carbonyl (C=O) groups is 1. The molecular formula is C16H14ClNO5S2. The smallest absolute Gasteiger partial charge is 0.264 e. The Morgan fingerprint density at radius 2 is 1.84 bits per heavy atom. The highest BCUT2D eigenvalue weighted by atomic mass is 35.5. The van der Waals surface area contributed by atoms with E-state index in [-0.39, 0.29) is 10.6 Å². The van der Waals surface area contributed by atoms with E-state index < -0.39 is 15.9 Å². The molecule has 0 unspecified atom stereocenters. The summed E-state index contributed by atoms with van der Waals surface area (Å²) in [4.78, 5) is 12.6. The van der Waals surface area contributed by atoms with Crippen LogP contribution in [-0.2, 0) is 14.8 Å². The van der Waals surface area contributed by atoms with Crippen LogP contribution in [-0.4, -0.2) is 33.3 Å². The normalized spacial score (nSPS) is 13.3. The molecule has 0 saturated carbocycles. The van der Waals surface area contributed by atoms with Gasteiger partial charge in [-0.15, -0.1) is 11.8 Å². The number of sulfonamides is 1. The minimum Gasteiger partial charge on any atom is -0.486 e. The minimum absolute atomic E-state index is 0.0622. The maximum absolute atomic E-state index is 12.3. The zero-order valence-corrected chi connectivity index (χ0v) is 15.3. The Bertz CT molecular complexity index is 901. The summed E-state index contributed by atoms with van der Waals surface area (Å²) in [5.41, 5.74) is 0. The largest absolute Gasteiger partial charge is 0.486 e. The van der Waals surface area contributed by atoms with E-state index in [1.54, 1.807) is 24.3 Å². The minimum atomic E-state index is -3.99. The molecular weight excluding hydrogens is 386 g/mol. The molecule has 6 nitrogen and oxygen atoms in total. The zero-order chi connectivity index (χ0) is 17.9. The van der Waals surface area contributed by atoms with Crippen LogP contribution in [0.3, 0.4) is 0 Å². The van der Waals surface area contributed by atoms with Crippen molar-refractivity contribution in [3.05, 3.63) is 47.5 Å². The topological polar surface area (TPSA) is 81.7 Å². The maximum atomic E-state index is 12.3. The van der Waals surface area contributed by atoms with Gasteiger partial charge >= 0.3 is 0 Å². The second-order valence-corrected chi connectivity index (χ2v) is 8.16. The van der Waals surface area contributed by atoms with Gasteiger partial charge in [0.1, 0.15) is 13.2 Å². The number of nitrogens with one attached hydrogen (secondary N) is 1. The average molecular weight is 400 g/mol. The number of ether oxygens (including phenoxy) is 2. The molecule has 1 heterocycles. The fourth-order valence-electron chi connectivity index (χ4n) is 2.13. The molecule has 2 aromatic rings. The molecule has 0 aromatic heterocycles. The molecule has 0 spiro atoms. The number of carbonyl (C=O) groups excluding carboxylic acids is 1. The van der Waals surface area contributed by atoms with E-state index in [1.807, 2.05) is 4.72 Å². The first-order valence-corrected chi connectivity index (χ1v) is 10.1. The fourth-order valence-corrected chi connectivity index (χ4v) is 4.26. The van der Waals surface area contributed by atoms with Gasteiger partial charge in [-0.05, 0) is 24.3 Å². The summed E-state index contributed by atoms with van der Waals surface area (Å²) in [7, 11) is -3.99. The van der Waals surface area contributed by atoms with Crippen molar-refractivity contribution in [2.45, 2.75) is 9.79 Å². The second-order valence-electron chi connectivity index (χ2n) is 5.05. The summed E-state index contributed by atoms with van der Waals surface area (Å²) >= 11 is 7.17. The first-order chi connectivity index (χ1) is 12.0. The summed E-state index contributed by atoms with van der Waals surface area (Å²) < 4.78 is 37.4. The van der Waals surface area contributed by atoms with Crippen molar-refractivity contribution in [2.24, 2.45) is 0 Å². The van der Waals surface area contributed by atoms with Crippen molar-refractivity contribution < 1.29 is 22.7 Å². The van der Waals surface area contributed by atoms with E-state index in [4.69, 9.17) is 21.1 Å². The lowest BCUT2D eigenvalue weighted by molar-refractivity contribution is -0.116. The fraction of sp³-hybridized carbons (Fsp3) is 0.188. The van der Waals surface area contributed by atoms with E-state index >= 15 is 0 Å². The van der Waals surface area contributed by atoms with Crippen molar-refractivity contribution in [3.8, 4) is 11.5 Å². The van der Waals surface area contributed by atoms with E-state index in [2.05, 4.69) is 0 Å². The van der Waals surface area contributed by atoms with Gasteiger partial charge in [0.05, 0.1) is 15.7 Å². The monoisotopic (exact) mass is 399 g/mol. The number of halogens is 1. The molecule has 2 aromatic carbocycles. The van der Waals surface area contributed by atoms with Crippen molar-refractivity contribution in [2.75, 3.05) is 19.0 Å². The SMILES string of the molecule is O=C(CSc1ccccc1Cl)NS(=O)(=O)c1ccc2c(c1)OCCO2. The first-order valence-electron chi connectivity index (χ1n) is 7.28. The van der Waals surface area contributed by atoms with Gasteiger partial charge in [0.15, 0.2) is 11.5 Å². The molecule has 3 rings (SSSR count). The van der Waals surface area contributed by atoms with Gasteiger partial charge in [-0.3, -0.25) is 4.79 Å². The van der Waals surface area contributed by atoms with Gasteiger partial charge in [-0.1, -0.05) is 23.7 Å². The van der Waals surface area contributed by atoms with Crippen LogP contribution in [0.1, 0.15) is 0 Å². The molecule has 0 fully saturated rings. The highest BCUT2D eigenvalue weighted by Crippen LogP contribution is 2.32. The zero-order valence-electron chi connectivity index (χ0n) is 12.9. The third kappa shape index (κ3) is 4.39. The highest BCUT2D eigenvalue weighted by molar-refractivity contribution is 8.00. The number of hydrogen-bond donors (Lipinski definition) is 1. The second kappa shape index (κ2) is 7.55. The number of amides is 1. The summed E-state index contributed by atoms with van der Waals surface area (Å²) in [5, 5.41) is 0.509. The average Bonchev–Trinajstić information content (AvgIpc) is 2.60. The summed E-state index contributed by atoms with van der Waals surface area (Å²) in [5.74, 6) is 0.102. The Kier molecular flexibility index (Phi) is 5.41. The van der Waals surface area contributed by atoms with Crippen molar-refractivity contribution in [1.29, 1.82) is 0 Å². The molecule has 9 heteroatoms. The van der Waals surface area contributed by atoms with Gasteiger partial charge in [0.2, 0.25) is 5.91 Å². The van der Waals surface area contributed by atoms with Crippen molar-refractivity contribution in [3.63, 3.8) is 0 Å². The van der Waals surface area contributed by atoms with Crippen LogP contribution in [0.5, 0.6) is 11.5 Å². The Morgan fingerprint density at radius 1 is 1.12 bits per heavy atom. The van der Waals surface area contributed by atoms with Crippen molar-refractivity contribution >= 4 is 39.3 Å². The lowest BCUT2D eigenvalue weighted by Crippen LogP contribution is -2.32. The quantitative estimate of drug-likeness (QED) is 0.778. The predicted octanol–water partition coefficient (Wildman–Crippen LogP) is 2.71. The predicted molar refractivity (Wildman–Crippen MR) is 94.9 cm³/mol. The number of thioether (sulfide) groups is 1. The maximum Gasteiger partial charge on any atom is 0.264 e. The van der Waals surface area contributed by atoms with Gasteiger partial charge in [0.25, 0.3) is 10.0 Å². The van der Waals surface area contributed by atoms with Crippen molar-refractivity contribution in [1.82, 2.24) is 4.72 Å². The van der Waals surface area contributed by atoms with Crippen LogP contribution in [0, 0.1) is 0 Å². The summed E-state index contributed by atoms with van der Waals surface area (Å²) in [6, 6.07) is 11.2. The van der Waals surface area contributed by atoms with Gasteiger partial charge < -0.3 is 9.47 Å². The first kappa shape index (κ1) is 17.9. The van der Waals surface area contributed by atoms with Crippen LogP contribution < -0.4 is 14.2 Å². The number of fused-ring (bicyclic) bond motifs is 1. The standard InChI is InChI=1S/C16H14ClNO5S2/c17-12-3-1-2-4-15(12)24-10-16(19)18-25(20,21)11-5-6-13-14(9-11)23-8-7-22-13/h1-6,9H,7-8,10H2,(H,18,19). The van der Waals surface area contributed by atoms with Gasteiger partial charge in [-0.25, -0.2) is 13.1 Å². The van der Waals surface area contributed by atoms with Crippen LogP contribution in [0.25, 0.3) is 0 Å². The molecule has 0 atom stereocenters. The van der Waals surface area contributed by atoms with E-state index in [1.165, 1.54) is 18.2 Å². The molecule has 1 amide bonds. The number of hydrogen-bond acceptors (Lipinski definition) is 6. The van der Waals surface area contributed by atoms with Gasteiger partial charge in [-0.2, -0.15) is 0 Å². The molecule has 0 aliphatic carbocycles. The summed E-state index contributed by atoms with van der Waals surface area (Å²) in [6.45, 7) is 0.756. The molecule has 1 N–H and O–H groups in total. The Hall–Kier alpha value is -1.90. The number of rotatable bonds is 5. The molecule has 1 aliphatic rings. The van der Waals surface area contributed by atoms with Crippen LogP contribution in [0.4, 0.5) is 0 Å². The van der Waals surface area contributed by atoms with E-state index in [9.17, 15) is 13.2 Å². The molecule has 1 aliphatic heterocycles. The van der Waals surface area contributed by atoms with Crippen LogP contribution in [0.15, 0.2) is 52.3 Å². The van der Waals surface area contributed by atoms with Crippen LogP contribution >= 0.6 is 23.4 Å². The Balaban J connectivity index is 1.66. The summed E-state index contributed by atoms with van der Waals surface area (Å²) in [6.07, 6.45) is 0. The van der Waals surface area contributed by atoms with Gasteiger partial charge in [0, 0.05) is 11.0 Å². The highest BCUT2D eigenvalue weighted by Gasteiger charge is 2.21. The Morgan fingerprint density at radius 3 is 2.60 bits per heavy atom. The van der Waals surface area contributed by atoms with E-state index in [0.29, 0.717) is 34.6 Å². The van der Waals surface area contributed by atoms with Crippen LogP contribution in [0.2, 0.25) is 5.02 Å². The lowest BCUT2D eigenvalue weighted by atomic mass is 10.3.